The van der Waals surface area contributed by atoms with Crippen molar-refractivity contribution in [3.8, 4) is 5.95 Å². The predicted molar refractivity (Wildman–Crippen MR) is 96.4 cm³/mol. The monoisotopic (exact) mass is 377 g/mol. The molecule has 24 heavy (non-hydrogen) atoms. The Hall–Kier alpha value is -2.79. The number of carbonyl (C=O) groups excluding carboxylic acids is 1. The largest absolute Gasteiger partial charge is 0.287 e. The lowest BCUT2D eigenvalue weighted by Crippen LogP contribution is -2.11. The molecule has 0 radical (unpaired) electrons. The van der Waals surface area contributed by atoms with Gasteiger partial charge < -0.3 is 0 Å². The first-order valence-corrected chi connectivity index (χ1v) is 8.22. The molecule has 0 aliphatic heterocycles. The zero-order valence-corrected chi connectivity index (χ0v) is 14.1. The fourth-order valence-corrected chi connectivity index (χ4v) is 3.19. The van der Waals surface area contributed by atoms with Crippen LogP contribution in [-0.2, 0) is 0 Å². The molecule has 0 spiro atoms. The van der Waals surface area contributed by atoms with Gasteiger partial charge in [0.25, 0.3) is 0 Å². The highest BCUT2D eigenvalue weighted by Gasteiger charge is 2.20. The highest BCUT2D eigenvalue weighted by molar-refractivity contribution is 9.10. The molecule has 2 aromatic carbocycles. The van der Waals surface area contributed by atoms with Gasteiger partial charge in [0, 0.05) is 27.8 Å². The van der Waals surface area contributed by atoms with Gasteiger partial charge in [0.1, 0.15) is 0 Å². The molecule has 4 nitrogen and oxygen atoms in total. The second-order valence-electron chi connectivity index (χ2n) is 5.28. The molecular formula is C19H12BrN3O. The molecule has 2 aromatic heterocycles. The van der Waals surface area contributed by atoms with Crippen LogP contribution in [0.2, 0.25) is 0 Å². The molecule has 4 aromatic rings. The summed E-state index contributed by atoms with van der Waals surface area (Å²) in [6.45, 7) is 0. The highest BCUT2D eigenvalue weighted by atomic mass is 79.9. The van der Waals surface area contributed by atoms with Crippen molar-refractivity contribution in [1.29, 1.82) is 0 Å². The summed E-state index contributed by atoms with van der Waals surface area (Å²) in [5, 5.41) is 0.973. The van der Waals surface area contributed by atoms with Crippen molar-refractivity contribution in [3.05, 3.63) is 88.8 Å². The molecule has 116 valence electrons. The number of rotatable bonds is 3. The predicted octanol–water partition coefficient (Wildman–Crippen LogP) is 4.41. The number of fused-ring (bicyclic) bond motifs is 1. The van der Waals surface area contributed by atoms with Crippen LogP contribution in [0.5, 0.6) is 0 Å². The molecule has 0 amide bonds. The third-order valence-electron chi connectivity index (χ3n) is 3.81. The molecular weight excluding hydrogens is 366 g/mol. The van der Waals surface area contributed by atoms with Gasteiger partial charge in [0.05, 0.1) is 11.2 Å². The van der Waals surface area contributed by atoms with Crippen LogP contribution in [0.1, 0.15) is 16.1 Å². The van der Waals surface area contributed by atoms with Crippen LogP contribution in [-0.4, -0.2) is 20.3 Å². The summed E-state index contributed by atoms with van der Waals surface area (Å²) < 4.78 is 2.57. The minimum absolute atomic E-state index is 0.0777. The quantitative estimate of drug-likeness (QED) is 0.496. The molecule has 0 aliphatic rings. The normalized spacial score (nSPS) is 10.9. The highest BCUT2D eigenvalue weighted by Crippen LogP contribution is 2.26. The van der Waals surface area contributed by atoms with E-state index in [1.807, 2.05) is 48.5 Å². The number of hydrogen-bond acceptors (Lipinski definition) is 3. The Morgan fingerprint density at radius 3 is 2.42 bits per heavy atom. The molecule has 4 rings (SSSR count). The molecule has 0 atom stereocenters. The Labute approximate surface area is 146 Å². The van der Waals surface area contributed by atoms with Crippen LogP contribution < -0.4 is 0 Å². The summed E-state index contributed by atoms with van der Waals surface area (Å²) >= 11 is 3.46. The number of aromatic nitrogens is 3. The first-order chi connectivity index (χ1) is 11.8. The third kappa shape index (κ3) is 2.43. The molecule has 0 bridgehead atoms. The van der Waals surface area contributed by atoms with Gasteiger partial charge in [-0.05, 0) is 30.3 Å². The van der Waals surface area contributed by atoms with Gasteiger partial charge in [-0.25, -0.2) is 9.97 Å². The maximum atomic E-state index is 13.1. The average Bonchev–Trinajstić information content (AvgIpc) is 3.02. The minimum atomic E-state index is -0.0777. The number of halogens is 1. The van der Waals surface area contributed by atoms with E-state index in [4.69, 9.17) is 0 Å². The Morgan fingerprint density at radius 1 is 0.917 bits per heavy atom. The lowest BCUT2D eigenvalue weighted by molar-refractivity contribution is 0.103. The SMILES string of the molecule is O=C(c1ccccc1Br)c1cc2ccccc2n1-c1ncccn1. The van der Waals surface area contributed by atoms with E-state index in [1.165, 1.54) is 0 Å². The topological polar surface area (TPSA) is 47.8 Å². The lowest BCUT2D eigenvalue weighted by atomic mass is 10.1. The molecule has 0 aliphatic carbocycles. The zero-order valence-electron chi connectivity index (χ0n) is 12.6. The van der Waals surface area contributed by atoms with Gasteiger partial charge in [-0.1, -0.05) is 46.3 Å². The lowest BCUT2D eigenvalue weighted by Gasteiger charge is -2.09. The minimum Gasteiger partial charge on any atom is -0.287 e. The van der Waals surface area contributed by atoms with Crippen LogP contribution in [0.3, 0.4) is 0 Å². The maximum absolute atomic E-state index is 13.1. The van der Waals surface area contributed by atoms with E-state index < -0.39 is 0 Å². The van der Waals surface area contributed by atoms with Gasteiger partial charge >= 0.3 is 0 Å². The molecule has 0 N–H and O–H groups in total. The molecule has 5 heteroatoms. The summed E-state index contributed by atoms with van der Waals surface area (Å²) in [4.78, 5) is 21.8. The van der Waals surface area contributed by atoms with Gasteiger partial charge in [-0.15, -0.1) is 0 Å². The summed E-state index contributed by atoms with van der Waals surface area (Å²) in [5.74, 6) is 0.403. The van der Waals surface area contributed by atoms with E-state index >= 15 is 0 Å². The van der Waals surface area contributed by atoms with Crippen molar-refractivity contribution in [2.45, 2.75) is 0 Å². The number of carbonyl (C=O) groups is 1. The Morgan fingerprint density at radius 2 is 1.62 bits per heavy atom. The second kappa shape index (κ2) is 6.02. The summed E-state index contributed by atoms with van der Waals surface area (Å²) in [7, 11) is 0. The van der Waals surface area contributed by atoms with E-state index in [9.17, 15) is 4.79 Å². The van der Waals surface area contributed by atoms with E-state index in [-0.39, 0.29) is 5.78 Å². The molecule has 0 saturated carbocycles. The first kappa shape index (κ1) is 14.8. The Kier molecular flexibility index (Phi) is 3.70. The van der Waals surface area contributed by atoms with E-state index in [0.717, 1.165) is 15.4 Å². The van der Waals surface area contributed by atoms with Crippen LogP contribution in [0.15, 0.2) is 77.5 Å². The summed E-state index contributed by atoms with van der Waals surface area (Å²) in [5.41, 5.74) is 2.05. The zero-order chi connectivity index (χ0) is 16.5. The second-order valence-corrected chi connectivity index (χ2v) is 6.14. The van der Waals surface area contributed by atoms with Crippen molar-refractivity contribution in [2.75, 3.05) is 0 Å². The Bertz CT molecular complexity index is 1040. The fourth-order valence-electron chi connectivity index (χ4n) is 2.73. The first-order valence-electron chi connectivity index (χ1n) is 7.43. The smallest absolute Gasteiger partial charge is 0.234 e. The van der Waals surface area contributed by atoms with E-state index in [0.29, 0.717) is 17.2 Å². The van der Waals surface area contributed by atoms with E-state index in [2.05, 4.69) is 25.9 Å². The van der Waals surface area contributed by atoms with Gasteiger partial charge in [0.2, 0.25) is 11.7 Å². The van der Waals surface area contributed by atoms with Crippen molar-refractivity contribution in [1.82, 2.24) is 14.5 Å². The molecule has 2 heterocycles. The van der Waals surface area contributed by atoms with Crippen LogP contribution in [0, 0.1) is 0 Å². The summed E-state index contributed by atoms with van der Waals surface area (Å²) in [6, 6.07) is 18.9. The molecule has 0 fully saturated rings. The summed E-state index contributed by atoms with van der Waals surface area (Å²) in [6.07, 6.45) is 3.34. The number of hydrogen-bond donors (Lipinski definition) is 0. The molecule has 0 saturated heterocycles. The van der Waals surface area contributed by atoms with Crippen molar-refractivity contribution in [3.63, 3.8) is 0 Å². The number of nitrogens with zero attached hydrogens (tertiary/aromatic N) is 3. The van der Waals surface area contributed by atoms with Crippen LogP contribution in [0.25, 0.3) is 16.9 Å². The number of ketones is 1. The third-order valence-corrected chi connectivity index (χ3v) is 4.51. The average molecular weight is 378 g/mol. The van der Waals surface area contributed by atoms with Gasteiger partial charge in [-0.2, -0.15) is 0 Å². The van der Waals surface area contributed by atoms with Crippen molar-refractivity contribution in [2.24, 2.45) is 0 Å². The Balaban J connectivity index is 1.99. The molecule has 0 unspecified atom stereocenters. The standard InChI is InChI=1S/C19H12BrN3O/c20-15-8-3-2-7-14(15)18(24)17-12-13-6-1-4-9-16(13)23(17)19-21-10-5-11-22-19/h1-12H. The van der Waals surface area contributed by atoms with Crippen LogP contribution >= 0.6 is 15.9 Å². The number of benzene rings is 2. The number of para-hydroxylation sites is 1. The van der Waals surface area contributed by atoms with E-state index in [1.54, 1.807) is 29.1 Å². The van der Waals surface area contributed by atoms with Gasteiger partial charge in [-0.3, -0.25) is 9.36 Å². The van der Waals surface area contributed by atoms with Crippen LogP contribution in [0.4, 0.5) is 0 Å². The van der Waals surface area contributed by atoms with Gasteiger partial charge in [0.15, 0.2) is 0 Å². The maximum Gasteiger partial charge on any atom is 0.234 e. The van der Waals surface area contributed by atoms with Crippen molar-refractivity contribution < 1.29 is 4.79 Å². The fraction of sp³-hybridized carbons (Fsp3) is 0. The van der Waals surface area contributed by atoms with Crippen molar-refractivity contribution >= 4 is 32.6 Å².